The maximum Gasteiger partial charge on any atom is 0.251 e. The number of nitrogens with one attached hydrogen (secondary N) is 7. The van der Waals surface area contributed by atoms with Crippen LogP contribution in [0.15, 0.2) is 91.0 Å². The van der Waals surface area contributed by atoms with E-state index in [0.717, 1.165) is 66.3 Å². The van der Waals surface area contributed by atoms with Gasteiger partial charge in [-0.1, -0.05) is 108 Å². The highest BCUT2D eigenvalue weighted by molar-refractivity contribution is 5.97. The Morgan fingerprint density at radius 1 is 0.600 bits per heavy atom. The Kier molecular flexibility index (Phi) is 18.5. The molecule has 17 heteroatoms. The Morgan fingerprint density at radius 3 is 1.64 bits per heavy atom. The quantitative estimate of drug-likeness (QED) is 0.0666. The van der Waals surface area contributed by atoms with E-state index in [1.54, 1.807) is 45.0 Å². The number of amides is 7. The molecule has 80 heavy (non-hydrogen) atoms. The summed E-state index contributed by atoms with van der Waals surface area (Å²) < 4.78 is 6.34. The number of hydrogen-bond donors (Lipinski definition) is 7. The van der Waals surface area contributed by atoms with Crippen molar-refractivity contribution in [1.82, 2.24) is 47.0 Å². The lowest BCUT2D eigenvalue weighted by Crippen LogP contribution is -2.62. The van der Waals surface area contributed by atoms with E-state index in [9.17, 15) is 33.6 Å². The number of carbonyl (C=O) groups excluding carboxylic acids is 7. The average Bonchev–Trinajstić information content (AvgIpc) is 3.92. The van der Waals surface area contributed by atoms with E-state index >= 15 is 0 Å². The van der Waals surface area contributed by atoms with Crippen LogP contribution < -0.4 is 42.0 Å². The van der Waals surface area contributed by atoms with Crippen LogP contribution in [0.5, 0.6) is 5.75 Å². The normalized spacial score (nSPS) is 21.2. The summed E-state index contributed by atoms with van der Waals surface area (Å²) in [5.74, 6) is -1.74. The number of likely N-dealkylation sites (N-methyl/N-ethyl adjacent to an activating group) is 2. The van der Waals surface area contributed by atoms with Gasteiger partial charge in [0, 0.05) is 31.1 Å². The van der Waals surface area contributed by atoms with E-state index in [0.29, 0.717) is 11.3 Å². The smallest absolute Gasteiger partial charge is 0.251 e. The SMILES string of the molecule is CN[C@@H](C)C(=O)NC(C(=O)N1C[C@@H](NC(=O)c2ccc(COc3ccc4c(c3)C[C@H](C(=O)N[C@@H]3CCCc5ccccc53)N(C(=O)[C@@H](NC(=O)[C@H](C)NC)C(C)(C)C)C4)cc2)C[C@H]1C(=O)N[C@@H]1CCCc2ccccc21)C(C)(C)C. The van der Waals surface area contributed by atoms with Gasteiger partial charge in [-0.05, 0) is 147 Å². The summed E-state index contributed by atoms with van der Waals surface area (Å²) in [5.41, 5.74) is 6.10. The van der Waals surface area contributed by atoms with Gasteiger partial charge in [0.2, 0.25) is 35.4 Å². The second-order valence-corrected chi connectivity index (χ2v) is 24.5. The number of nitrogens with zero attached hydrogens (tertiary/aromatic N) is 2. The molecule has 4 aromatic carbocycles. The molecule has 428 valence electrons. The maximum atomic E-state index is 14.8. The van der Waals surface area contributed by atoms with Gasteiger partial charge in [0.1, 0.15) is 36.5 Å². The van der Waals surface area contributed by atoms with Crippen molar-refractivity contribution < 1.29 is 38.3 Å². The first-order chi connectivity index (χ1) is 38.0. The minimum Gasteiger partial charge on any atom is -0.489 e. The van der Waals surface area contributed by atoms with Crippen LogP contribution in [0.2, 0.25) is 0 Å². The molecule has 7 N–H and O–H groups in total. The van der Waals surface area contributed by atoms with Crippen molar-refractivity contribution in [3.63, 3.8) is 0 Å². The summed E-state index contributed by atoms with van der Waals surface area (Å²) in [6, 6.07) is 23.3. The molecule has 1 unspecified atom stereocenters. The monoisotopic (exact) mass is 1090 g/mol. The zero-order valence-electron chi connectivity index (χ0n) is 48.3. The van der Waals surface area contributed by atoms with Gasteiger partial charge >= 0.3 is 0 Å². The van der Waals surface area contributed by atoms with Crippen molar-refractivity contribution in [3.8, 4) is 5.75 Å². The summed E-state index contributed by atoms with van der Waals surface area (Å²) in [7, 11) is 3.36. The van der Waals surface area contributed by atoms with Gasteiger partial charge in [0.15, 0.2) is 0 Å². The molecule has 1 saturated heterocycles. The fraction of sp³-hybridized carbons (Fsp3) is 0.508. The molecule has 2 aliphatic heterocycles. The zero-order valence-corrected chi connectivity index (χ0v) is 48.3. The second kappa shape index (κ2) is 25.1. The third kappa shape index (κ3) is 13.7. The fourth-order valence-electron chi connectivity index (χ4n) is 11.5. The topological polar surface area (TPSA) is 219 Å². The van der Waals surface area contributed by atoms with Gasteiger partial charge in [-0.25, -0.2) is 0 Å². The van der Waals surface area contributed by atoms with Crippen LogP contribution in [0, 0.1) is 10.8 Å². The highest BCUT2D eigenvalue weighted by Crippen LogP contribution is 2.35. The van der Waals surface area contributed by atoms with Gasteiger partial charge < -0.3 is 51.8 Å². The first kappa shape index (κ1) is 59.0. The average molecular weight is 1090 g/mol. The molecule has 0 bridgehead atoms. The summed E-state index contributed by atoms with van der Waals surface area (Å²) in [5, 5.41) is 21.5. The van der Waals surface area contributed by atoms with Crippen LogP contribution in [0.3, 0.4) is 0 Å². The third-order valence-corrected chi connectivity index (χ3v) is 16.6. The predicted octanol–water partition coefficient (Wildman–Crippen LogP) is 5.88. The summed E-state index contributed by atoms with van der Waals surface area (Å²) in [6.45, 7) is 15.2. The molecule has 8 rings (SSSR count). The number of rotatable bonds is 17. The van der Waals surface area contributed by atoms with Crippen LogP contribution in [-0.4, -0.2) is 114 Å². The molecular formula is C63H83N9O8. The van der Waals surface area contributed by atoms with Crippen LogP contribution in [0.25, 0.3) is 0 Å². The number of benzene rings is 4. The van der Waals surface area contributed by atoms with Gasteiger partial charge in [0.05, 0.1) is 24.2 Å². The standard InChI is InChI=1S/C63H83N9O8/c1-37(64-9)55(73)69-53(62(3,4)5)60(78)71-34-43-29-30-46(31-44(43)32-51(71)58(76)67-49-23-15-19-40-17-11-13-21-47(40)49)80-36-39-25-27-42(28-26-39)57(75)66-45-33-52(59(77)68-50-24-16-20-41-18-12-14-22-48(41)50)72(35-45)61(79)54(63(6,7)8)70-56(74)38(2)65-10/h11-14,17-18,21-22,25-31,37-38,45,49-54,64-65H,15-16,19-20,23-24,32-36H2,1-10H3,(H,66,75)(H,67,76)(H,68,77)(H,69,73)(H,70,74)/t37-,38-,45-,49+,50+,51+,52-,53+,54?/m0/s1. The number of carbonyl (C=O) groups is 7. The summed E-state index contributed by atoms with van der Waals surface area (Å²) in [4.78, 5) is 102. The molecule has 2 aliphatic carbocycles. The van der Waals surface area contributed by atoms with E-state index in [2.05, 4.69) is 55.4 Å². The van der Waals surface area contributed by atoms with Gasteiger partial charge in [-0.3, -0.25) is 33.6 Å². The fourth-order valence-corrected chi connectivity index (χ4v) is 11.5. The summed E-state index contributed by atoms with van der Waals surface area (Å²) in [6.07, 6.45) is 5.67. The third-order valence-electron chi connectivity index (χ3n) is 16.6. The molecule has 1 fully saturated rings. The van der Waals surface area contributed by atoms with E-state index in [-0.39, 0.29) is 80.1 Å². The Bertz CT molecular complexity index is 2930. The van der Waals surface area contributed by atoms with E-state index < -0.39 is 59.0 Å². The van der Waals surface area contributed by atoms with E-state index in [1.807, 2.05) is 102 Å². The maximum absolute atomic E-state index is 14.8. The van der Waals surface area contributed by atoms with Crippen molar-refractivity contribution in [2.75, 3.05) is 20.6 Å². The Balaban J connectivity index is 0.955. The van der Waals surface area contributed by atoms with Crippen molar-refractivity contribution in [3.05, 3.63) is 136 Å². The zero-order chi connectivity index (χ0) is 57.6. The molecule has 2 heterocycles. The van der Waals surface area contributed by atoms with Crippen LogP contribution in [0.1, 0.15) is 149 Å². The largest absolute Gasteiger partial charge is 0.489 e. The molecule has 7 amide bonds. The van der Waals surface area contributed by atoms with E-state index in [4.69, 9.17) is 4.74 Å². The van der Waals surface area contributed by atoms with Crippen molar-refractivity contribution in [2.45, 2.75) is 174 Å². The second-order valence-electron chi connectivity index (χ2n) is 24.5. The Hall–Kier alpha value is -7.11. The minimum atomic E-state index is -0.947. The molecule has 9 atom stereocenters. The lowest BCUT2D eigenvalue weighted by Gasteiger charge is -2.41. The molecule has 4 aromatic rings. The molecule has 0 radical (unpaired) electrons. The summed E-state index contributed by atoms with van der Waals surface area (Å²) >= 11 is 0. The molecule has 17 nitrogen and oxygen atoms in total. The number of likely N-dealkylation sites (tertiary alicyclic amines) is 1. The Labute approximate surface area is 471 Å². The highest BCUT2D eigenvalue weighted by Gasteiger charge is 2.47. The van der Waals surface area contributed by atoms with Gasteiger partial charge in [0.25, 0.3) is 5.91 Å². The number of aryl methyl sites for hydroxylation is 2. The highest BCUT2D eigenvalue weighted by atomic mass is 16.5. The molecule has 4 aliphatic rings. The first-order valence-electron chi connectivity index (χ1n) is 28.5. The number of fused-ring (bicyclic) bond motifs is 3. The van der Waals surface area contributed by atoms with Gasteiger partial charge in [-0.15, -0.1) is 0 Å². The molecule has 0 spiro atoms. The number of ether oxygens (including phenoxy) is 1. The van der Waals surface area contributed by atoms with Crippen molar-refractivity contribution in [2.24, 2.45) is 10.8 Å². The van der Waals surface area contributed by atoms with Crippen molar-refractivity contribution in [1.29, 1.82) is 0 Å². The molecule has 0 aromatic heterocycles. The Morgan fingerprint density at radius 2 is 1.11 bits per heavy atom. The molecule has 0 saturated carbocycles. The number of hydrogen-bond acceptors (Lipinski definition) is 10. The van der Waals surface area contributed by atoms with Crippen LogP contribution in [0.4, 0.5) is 0 Å². The first-order valence-corrected chi connectivity index (χ1v) is 28.5. The lowest BCUT2D eigenvalue weighted by molar-refractivity contribution is -0.147. The van der Waals surface area contributed by atoms with Gasteiger partial charge in [-0.2, -0.15) is 0 Å². The minimum absolute atomic E-state index is 0.0708. The lowest BCUT2D eigenvalue weighted by atomic mass is 9.83. The van der Waals surface area contributed by atoms with Crippen LogP contribution in [-0.2, 0) is 61.2 Å². The predicted molar refractivity (Wildman–Crippen MR) is 307 cm³/mol. The molecular weight excluding hydrogens is 1010 g/mol. The van der Waals surface area contributed by atoms with E-state index in [1.165, 1.54) is 16.0 Å². The van der Waals surface area contributed by atoms with Crippen LogP contribution >= 0.6 is 0 Å². The van der Waals surface area contributed by atoms with Crippen molar-refractivity contribution >= 4 is 41.4 Å².